The maximum atomic E-state index is 3.52. The van der Waals surface area contributed by atoms with E-state index in [2.05, 4.69) is 50.5 Å². The average molecular weight is 211 g/mol. The fourth-order valence-electron chi connectivity index (χ4n) is 1.38. The molecule has 1 N–H and O–H groups in total. The van der Waals surface area contributed by atoms with Crippen LogP contribution in [-0.2, 0) is 0 Å². The minimum absolute atomic E-state index is 0.245. The van der Waals surface area contributed by atoms with Crippen LogP contribution in [0, 0.1) is 0 Å². The molecule has 80 valence electrons. The van der Waals surface area contributed by atoms with Crippen LogP contribution in [0.4, 0.5) is 0 Å². The van der Waals surface area contributed by atoms with Crippen molar-refractivity contribution in [1.82, 2.24) is 5.32 Å². The van der Waals surface area contributed by atoms with E-state index in [-0.39, 0.29) is 5.54 Å². The number of hydrogen-bond acceptors (Lipinski definition) is 2. The first-order valence-electron chi connectivity index (χ1n) is 5.27. The standard InChI is InChI=1S/C12H21NS/c1-10(11-6-5-9-14-11)7-8-13-12(2,3)4/h5-6,9-10,13H,7-8H2,1-4H3. The molecule has 0 aliphatic heterocycles. The van der Waals surface area contributed by atoms with Gasteiger partial charge in [-0.3, -0.25) is 0 Å². The van der Waals surface area contributed by atoms with Crippen LogP contribution in [0.15, 0.2) is 17.5 Å². The Morgan fingerprint density at radius 1 is 1.43 bits per heavy atom. The third-order valence-corrected chi connectivity index (χ3v) is 3.37. The molecule has 14 heavy (non-hydrogen) atoms. The van der Waals surface area contributed by atoms with E-state index in [9.17, 15) is 0 Å². The van der Waals surface area contributed by atoms with Crippen molar-refractivity contribution in [3.8, 4) is 0 Å². The molecule has 0 aliphatic rings. The number of hydrogen-bond donors (Lipinski definition) is 1. The van der Waals surface area contributed by atoms with Gasteiger partial charge in [0.1, 0.15) is 0 Å². The summed E-state index contributed by atoms with van der Waals surface area (Å²) in [4.78, 5) is 1.50. The van der Waals surface area contributed by atoms with Crippen LogP contribution in [0.2, 0.25) is 0 Å². The lowest BCUT2D eigenvalue weighted by atomic mass is 10.0. The molecular formula is C12H21NS. The summed E-state index contributed by atoms with van der Waals surface area (Å²) in [5.74, 6) is 0.685. The molecule has 0 aromatic carbocycles. The van der Waals surface area contributed by atoms with Crippen LogP contribution in [0.25, 0.3) is 0 Å². The highest BCUT2D eigenvalue weighted by atomic mass is 32.1. The van der Waals surface area contributed by atoms with Crippen molar-refractivity contribution in [3.05, 3.63) is 22.4 Å². The highest BCUT2D eigenvalue weighted by molar-refractivity contribution is 7.10. The maximum Gasteiger partial charge on any atom is 0.00965 e. The second-order valence-electron chi connectivity index (χ2n) is 4.88. The highest BCUT2D eigenvalue weighted by Crippen LogP contribution is 2.23. The summed E-state index contributed by atoms with van der Waals surface area (Å²) in [5.41, 5.74) is 0.245. The van der Waals surface area contributed by atoms with Gasteiger partial charge < -0.3 is 5.32 Å². The average Bonchev–Trinajstić information content (AvgIpc) is 2.53. The van der Waals surface area contributed by atoms with Gasteiger partial charge in [-0.1, -0.05) is 13.0 Å². The molecule has 0 amide bonds. The van der Waals surface area contributed by atoms with E-state index in [4.69, 9.17) is 0 Å². The molecule has 0 aliphatic carbocycles. The van der Waals surface area contributed by atoms with Gasteiger partial charge in [0.25, 0.3) is 0 Å². The molecule has 2 heteroatoms. The second kappa shape index (κ2) is 4.94. The summed E-state index contributed by atoms with van der Waals surface area (Å²) in [6, 6.07) is 4.36. The first-order chi connectivity index (χ1) is 6.49. The maximum absolute atomic E-state index is 3.52. The minimum Gasteiger partial charge on any atom is -0.312 e. The van der Waals surface area contributed by atoms with Gasteiger partial charge >= 0.3 is 0 Å². The van der Waals surface area contributed by atoms with E-state index in [1.165, 1.54) is 11.3 Å². The molecular weight excluding hydrogens is 190 g/mol. The molecule has 1 nitrogen and oxygen atoms in total. The molecule has 0 radical (unpaired) electrons. The Morgan fingerprint density at radius 2 is 2.14 bits per heavy atom. The van der Waals surface area contributed by atoms with Gasteiger partial charge in [0, 0.05) is 10.4 Å². The number of rotatable bonds is 4. The molecule has 0 fully saturated rings. The molecule has 1 atom stereocenters. The zero-order chi connectivity index (χ0) is 10.6. The number of nitrogens with one attached hydrogen (secondary N) is 1. The molecule has 0 bridgehead atoms. The van der Waals surface area contributed by atoms with Crippen molar-refractivity contribution >= 4 is 11.3 Å². The van der Waals surface area contributed by atoms with Gasteiger partial charge in [-0.25, -0.2) is 0 Å². The Balaban J connectivity index is 2.26. The minimum atomic E-state index is 0.245. The Kier molecular flexibility index (Phi) is 4.14. The summed E-state index contributed by atoms with van der Waals surface area (Å²) < 4.78 is 0. The van der Waals surface area contributed by atoms with E-state index in [1.54, 1.807) is 0 Å². The van der Waals surface area contributed by atoms with Crippen molar-refractivity contribution < 1.29 is 0 Å². The van der Waals surface area contributed by atoms with E-state index in [0.29, 0.717) is 5.92 Å². The van der Waals surface area contributed by atoms with Crippen molar-refractivity contribution in [3.63, 3.8) is 0 Å². The Bertz CT molecular complexity index is 246. The summed E-state index contributed by atoms with van der Waals surface area (Å²) in [6.45, 7) is 10.0. The molecule has 1 aromatic heterocycles. The van der Waals surface area contributed by atoms with Crippen molar-refractivity contribution in [1.29, 1.82) is 0 Å². The van der Waals surface area contributed by atoms with Crippen LogP contribution in [-0.4, -0.2) is 12.1 Å². The van der Waals surface area contributed by atoms with Crippen molar-refractivity contribution in [2.75, 3.05) is 6.54 Å². The fraction of sp³-hybridized carbons (Fsp3) is 0.667. The molecule has 0 saturated carbocycles. The molecule has 1 heterocycles. The monoisotopic (exact) mass is 211 g/mol. The molecule has 1 unspecified atom stereocenters. The third kappa shape index (κ3) is 4.25. The summed E-state index contributed by atoms with van der Waals surface area (Å²) >= 11 is 1.86. The lowest BCUT2D eigenvalue weighted by Crippen LogP contribution is -2.36. The zero-order valence-corrected chi connectivity index (χ0v) is 10.4. The smallest absolute Gasteiger partial charge is 0.00965 e. The van der Waals surface area contributed by atoms with E-state index < -0.39 is 0 Å². The van der Waals surface area contributed by atoms with Crippen LogP contribution < -0.4 is 5.32 Å². The molecule has 1 rings (SSSR count). The third-order valence-electron chi connectivity index (χ3n) is 2.26. The Labute approximate surface area is 91.5 Å². The van der Waals surface area contributed by atoms with Gasteiger partial charge in [0.15, 0.2) is 0 Å². The Hall–Kier alpha value is -0.340. The largest absolute Gasteiger partial charge is 0.312 e. The van der Waals surface area contributed by atoms with Crippen molar-refractivity contribution in [2.24, 2.45) is 0 Å². The topological polar surface area (TPSA) is 12.0 Å². The van der Waals surface area contributed by atoms with Crippen LogP contribution in [0.3, 0.4) is 0 Å². The highest BCUT2D eigenvalue weighted by Gasteiger charge is 2.10. The summed E-state index contributed by atoms with van der Waals surface area (Å²) in [7, 11) is 0. The fourth-order valence-corrected chi connectivity index (χ4v) is 2.20. The predicted molar refractivity (Wildman–Crippen MR) is 65.1 cm³/mol. The van der Waals surface area contributed by atoms with Gasteiger partial charge in [-0.05, 0) is 51.1 Å². The van der Waals surface area contributed by atoms with Gasteiger partial charge in [0.05, 0.1) is 0 Å². The molecule has 1 aromatic rings. The lowest BCUT2D eigenvalue weighted by Gasteiger charge is -2.21. The SMILES string of the molecule is CC(CCNC(C)(C)C)c1cccs1. The first-order valence-corrected chi connectivity index (χ1v) is 6.15. The normalized spacial score (nSPS) is 14.3. The molecule has 0 saturated heterocycles. The van der Waals surface area contributed by atoms with Gasteiger partial charge in [0.2, 0.25) is 0 Å². The second-order valence-corrected chi connectivity index (χ2v) is 5.86. The Morgan fingerprint density at radius 3 is 2.64 bits per heavy atom. The van der Waals surface area contributed by atoms with Crippen LogP contribution in [0.5, 0.6) is 0 Å². The van der Waals surface area contributed by atoms with E-state index in [1.807, 2.05) is 11.3 Å². The van der Waals surface area contributed by atoms with Gasteiger partial charge in [-0.15, -0.1) is 11.3 Å². The van der Waals surface area contributed by atoms with E-state index in [0.717, 1.165) is 6.54 Å². The zero-order valence-electron chi connectivity index (χ0n) is 9.63. The van der Waals surface area contributed by atoms with Crippen LogP contribution >= 0.6 is 11.3 Å². The molecule has 0 spiro atoms. The van der Waals surface area contributed by atoms with Crippen molar-refractivity contribution in [2.45, 2.75) is 45.6 Å². The quantitative estimate of drug-likeness (QED) is 0.802. The number of thiophene rings is 1. The summed E-state index contributed by atoms with van der Waals surface area (Å²) in [5, 5.41) is 5.68. The lowest BCUT2D eigenvalue weighted by molar-refractivity contribution is 0.414. The first kappa shape index (κ1) is 11.7. The van der Waals surface area contributed by atoms with E-state index >= 15 is 0 Å². The van der Waals surface area contributed by atoms with Gasteiger partial charge in [-0.2, -0.15) is 0 Å². The predicted octanol–water partition coefficient (Wildman–Crippen LogP) is 3.63. The van der Waals surface area contributed by atoms with Crippen LogP contribution in [0.1, 0.15) is 44.9 Å². The summed E-state index contributed by atoms with van der Waals surface area (Å²) in [6.07, 6.45) is 1.22.